The molecule has 0 saturated carbocycles. The fraction of sp³-hybridized carbons (Fsp3) is 0.280. The van der Waals surface area contributed by atoms with Crippen LogP contribution in [0, 0.1) is 6.92 Å². The molecule has 2 aromatic carbocycles. The Balaban J connectivity index is 1.32. The van der Waals surface area contributed by atoms with E-state index in [4.69, 9.17) is 13.9 Å². The molecule has 3 heterocycles. The van der Waals surface area contributed by atoms with Gasteiger partial charge in [0.1, 0.15) is 29.1 Å². The summed E-state index contributed by atoms with van der Waals surface area (Å²) >= 11 is 0. The molecule has 1 aromatic heterocycles. The maximum atomic E-state index is 13.6. The number of likely N-dealkylation sites (tertiary alicyclic amines) is 1. The highest BCUT2D eigenvalue weighted by molar-refractivity contribution is 5.89. The average molecular weight is 417 g/mol. The third kappa shape index (κ3) is 3.81. The van der Waals surface area contributed by atoms with Crippen LogP contribution in [0.4, 0.5) is 0 Å². The molecule has 31 heavy (non-hydrogen) atoms. The first-order valence-corrected chi connectivity index (χ1v) is 10.5. The van der Waals surface area contributed by atoms with Gasteiger partial charge in [-0.1, -0.05) is 36.4 Å². The molecule has 3 aromatic rings. The van der Waals surface area contributed by atoms with E-state index in [9.17, 15) is 9.59 Å². The zero-order valence-corrected chi connectivity index (χ0v) is 17.2. The van der Waals surface area contributed by atoms with Gasteiger partial charge in [-0.25, -0.2) is 4.79 Å². The number of carbonyl (C=O) groups excluding carboxylic acids is 1. The molecule has 1 fully saturated rings. The second-order valence-electron chi connectivity index (χ2n) is 7.98. The van der Waals surface area contributed by atoms with Gasteiger partial charge in [-0.3, -0.25) is 4.79 Å². The number of hydrogen-bond acceptors (Lipinski definition) is 5. The van der Waals surface area contributed by atoms with Crippen molar-refractivity contribution in [2.24, 2.45) is 0 Å². The van der Waals surface area contributed by atoms with Crippen LogP contribution in [0.5, 0.6) is 17.2 Å². The number of nitrogens with zero attached hydrogens (tertiary/aromatic N) is 1. The summed E-state index contributed by atoms with van der Waals surface area (Å²) in [5, 5.41) is 0. The number of ether oxygens (including phenoxy) is 2. The first-order chi connectivity index (χ1) is 15.1. The fourth-order valence-corrected chi connectivity index (χ4v) is 4.39. The summed E-state index contributed by atoms with van der Waals surface area (Å²) in [6, 6.07) is 18.5. The van der Waals surface area contributed by atoms with Gasteiger partial charge in [-0.05, 0) is 19.1 Å². The molecule has 2 aliphatic rings. The first-order valence-electron chi connectivity index (χ1n) is 10.5. The lowest BCUT2D eigenvalue weighted by Gasteiger charge is -2.36. The molecule has 6 nitrogen and oxygen atoms in total. The van der Waals surface area contributed by atoms with Gasteiger partial charge < -0.3 is 18.8 Å². The Morgan fingerprint density at radius 3 is 2.19 bits per heavy atom. The van der Waals surface area contributed by atoms with Gasteiger partial charge in [0.05, 0.1) is 12.0 Å². The maximum absolute atomic E-state index is 13.6. The standard InChI is InChI=1S/C25H23NO5/c1-16-14-18(15-23(27)29-16)30-17-10-12-26(13-11-17)25(28)24-19-6-2-4-8-21(19)31-22-9-5-3-7-20(22)24/h2-9,14-15,17,24H,10-13H2,1H3. The van der Waals surface area contributed by atoms with Crippen LogP contribution in [0.25, 0.3) is 0 Å². The normalized spacial score (nSPS) is 16.2. The zero-order valence-electron chi connectivity index (χ0n) is 17.2. The first kappa shape index (κ1) is 19.4. The van der Waals surface area contributed by atoms with E-state index >= 15 is 0 Å². The molecule has 1 saturated heterocycles. The summed E-state index contributed by atoms with van der Waals surface area (Å²) in [6.45, 7) is 2.93. The van der Waals surface area contributed by atoms with Crippen molar-refractivity contribution in [3.8, 4) is 17.2 Å². The molecule has 158 valence electrons. The number of benzene rings is 2. The average Bonchev–Trinajstić information content (AvgIpc) is 2.77. The van der Waals surface area contributed by atoms with E-state index in [-0.39, 0.29) is 17.9 Å². The SMILES string of the molecule is Cc1cc(OC2CCN(C(=O)C3c4ccccc4Oc4ccccc43)CC2)cc(=O)o1. The molecule has 1 amide bonds. The molecule has 0 aliphatic carbocycles. The third-order valence-electron chi connectivity index (χ3n) is 5.85. The molecule has 0 bridgehead atoms. The van der Waals surface area contributed by atoms with Crippen LogP contribution in [0.3, 0.4) is 0 Å². The van der Waals surface area contributed by atoms with Crippen LogP contribution in [0.1, 0.15) is 35.6 Å². The molecule has 0 atom stereocenters. The van der Waals surface area contributed by atoms with Crippen molar-refractivity contribution in [3.63, 3.8) is 0 Å². The monoisotopic (exact) mass is 417 g/mol. The quantitative estimate of drug-likeness (QED) is 0.637. The zero-order chi connectivity index (χ0) is 21.4. The summed E-state index contributed by atoms with van der Waals surface area (Å²) in [4.78, 5) is 27.1. The molecule has 0 spiro atoms. The van der Waals surface area contributed by atoms with Crippen LogP contribution in [-0.2, 0) is 4.79 Å². The largest absolute Gasteiger partial charge is 0.490 e. The van der Waals surface area contributed by atoms with E-state index in [1.165, 1.54) is 6.07 Å². The van der Waals surface area contributed by atoms with E-state index in [2.05, 4.69) is 0 Å². The molecule has 5 rings (SSSR count). The van der Waals surface area contributed by atoms with Gasteiger partial charge in [-0.2, -0.15) is 0 Å². The number of fused-ring (bicyclic) bond motifs is 2. The van der Waals surface area contributed by atoms with Crippen molar-refractivity contribution in [2.75, 3.05) is 13.1 Å². The van der Waals surface area contributed by atoms with Crippen LogP contribution < -0.4 is 15.1 Å². The highest BCUT2D eigenvalue weighted by atomic mass is 16.5. The van der Waals surface area contributed by atoms with Crippen molar-refractivity contribution >= 4 is 5.91 Å². The van der Waals surface area contributed by atoms with E-state index < -0.39 is 5.63 Å². The minimum Gasteiger partial charge on any atom is -0.490 e. The van der Waals surface area contributed by atoms with Crippen molar-refractivity contribution in [1.29, 1.82) is 0 Å². The van der Waals surface area contributed by atoms with E-state index in [0.29, 0.717) is 37.4 Å². The Labute approximate surface area is 180 Å². The lowest BCUT2D eigenvalue weighted by atomic mass is 9.86. The smallest absolute Gasteiger partial charge is 0.339 e. The number of rotatable bonds is 3. The summed E-state index contributed by atoms with van der Waals surface area (Å²) in [6.07, 6.45) is 1.37. The molecular formula is C25H23NO5. The second kappa shape index (κ2) is 7.95. The minimum atomic E-state index is -0.417. The minimum absolute atomic E-state index is 0.0421. The lowest BCUT2D eigenvalue weighted by Crippen LogP contribution is -2.44. The summed E-state index contributed by atoms with van der Waals surface area (Å²) in [5.41, 5.74) is 1.38. The predicted octanol–water partition coefficient (Wildman–Crippen LogP) is 4.26. The van der Waals surface area contributed by atoms with Gasteiger partial charge in [0.2, 0.25) is 5.91 Å². The Morgan fingerprint density at radius 1 is 0.968 bits per heavy atom. The lowest BCUT2D eigenvalue weighted by molar-refractivity contribution is -0.133. The van der Waals surface area contributed by atoms with Crippen molar-refractivity contribution in [2.45, 2.75) is 31.8 Å². The highest BCUT2D eigenvalue weighted by Gasteiger charge is 2.36. The van der Waals surface area contributed by atoms with Gasteiger partial charge >= 0.3 is 5.63 Å². The number of carbonyl (C=O) groups is 1. The number of para-hydroxylation sites is 2. The Kier molecular flexibility index (Phi) is 4.98. The van der Waals surface area contributed by atoms with Crippen molar-refractivity contribution in [1.82, 2.24) is 4.90 Å². The molecule has 0 N–H and O–H groups in total. The second-order valence-corrected chi connectivity index (χ2v) is 7.98. The molecule has 6 heteroatoms. The summed E-state index contributed by atoms with van der Waals surface area (Å²) in [5.74, 6) is 2.21. The van der Waals surface area contributed by atoms with E-state index in [0.717, 1.165) is 22.6 Å². The van der Waals surface area contributed by atoms with Crippen molar-refractivity contribution in [3.05, 3.63) is 88.0 Å². The summed E-state index contributed by atoms with van der Waals surface area (Å²) in [7, 11) is 0. The van der Waals surface area contributed by atoms with Gasteiger partial charge in [0.15, 0.2) is 0 Å². The van der Waals surface area contributed by atoms with Gasteiger partial charge in [0, 0.05) is 43.1 Å². The number of hydrogen-bond donors (Lipinski definition) is 0. The predicted molar refractivity (Wildman–Crippen MR) is 115 cm³/mol. The fourth-order valence-electron chi connectivity index (χ4n) is 4.39. The Bertz CT molecular complexity index is 1130. The Hall–Kier alpha value is -3.54. The number of piperidine rings is 1. The van der Waals surface area contributed by atoms with Crippen LogP contribution in [0.15, 0.2) is 69.9 Å². The van der Waals surface area contributed by atoms with Crippen LogP contribution >= 0.6 is 0 Å². The molecule has 0 unspecified atom stereocenters. The number of amides is 1. The summed E-state index contributed by atoms with van der Waals surface area (Å²) < 4.78 is 17.0. The Morgan fingerprint density at radius 2 is 1.58 bits per heavy atom. The van der Waals surface area contributed by atoms with Crippen molar-refractivity contribution < 1.29 is 18.7 Å². The van der Waals surface area contributed by atoms with E-state index in [1.54, 1.807) is 13.0 Å². The van der Waals surface area contributed by atoms with Crippen LogP contribution in [0.2, 0.25) is 0 Å². The van der Waals surface area contributed by atoms with Crippen LogP contribution in [-0.4, -0.2) is 30.0 Å². The highest BCUT2D eigenvalue weighted by Crippen LogP contribution is 2.44. The molecule has 0 radical (unpaired) electrons. The molecule has 2 aliphatic heterocycles. The third-order valence-corrected chi connectivity index (χ3v) is 5.85. The van der Waals surface area contributed by atoms with Gasteiger partial charge in [-0.15, -0.1) is 0 Å². The van der Waals surface area contributed by atoms with Gasteiger partial charge in [0.25, 0.3) is 0 Å². The number of aryl methyl sites for hydroxylation is 1. The maximum Gasteiger partial charge on any atom is 0.339 e. The molecular weight excluding hydrogens is 394 g/mol. The van der Waals surface area contributed by atoms with E-state index in [1.807, 2.05) is 53.4 Å². The topological polar surface area (TPSA) is 69.0 Å².